The lowest BCUT2D eigenvalue weighted by Crippen LogP contribution is -2.48. The van der Waals surface area contributed by atoms with Crippen molar-refractivity contribution < 1.29 is 18.9 Å². The number of hydrogen-bond acceptors (Lipinski definition) is 9. The molecule has 1 unspecified atom stereocenters. The molecular weight excluding hydrogens is 362 g/mol. The summed E-state index contributed by atoms with van der Waals surface area (Å²) in [5.74, 6) is 1.90. The molecule has 1 atom stereocenters. The number of aliphatic imine (C=N–C) groups is 1. The van der Waals surface area contributed by atoms with Gasteiger partial charge in [-0.05, 0) is 18.2 Å². The highest BCUT2D eigenvalue weighted by Gasteiger charge is 2.29. The number of ether oxygens (including phenoxy) is 4. The van der Waals surface area contributed by atoms with Crippen LogP contribution in [0.25, 0.3) is 5.70 Å². The molecule has 0 amide bonds. The van der Waals surface area contributed by atoms with Crippen molar-refractivity contribution in [3.8, 4) is 17.2 Å². The summed E-state index contributed by atoms with van der Waals surface area (Å²) >= 11 is 0. The molecular formula is C19H29N5O4. The SMILES string of the molecule is COc1cc(C2=CC(N)(CCN3CCOCC3)N=C(N)N2)cc(OC)c1OC. The van der Waals surface area contributed by atoms with Gasteiger partial charge in [-0.25, -0.2) is 4.99 Å². The van der Waals surface area contributed by atoms with Gasteiger partial charge in [0.25, 0.3) is 0 Å². The monoisotopic (exact) mass is 391 g/mol. The van der Waals surface area contributed by atoms with E-state index >= 15 is 0 Å². The molecule has 1 saturated heterocycles. The predicted octanol–water partition coefficient (Wildman–Crippen LogP) is 0.349. The molecule has 28 heavy (non-hydrogen) atoms. The van der Waals surface area contributed by atoms with Gasteiger partial charge in [-0.1, -0.05) is 0 Å². The van der Waals surface area contributed by atoms with Gasteiger partial charge in [-0.3, -0.25) is 4.90 Å². The van der Waals surface area contributed by atoms with Crippen LogP contribution in [-0.2, 0) is 4.74 Å². The van der Waals surface area contributed by atoms with Gasteiger partial charge >= 0.3 is 0 Å². The molecule has 0 aliphatic carbocycles. The summed E-state index contributed by atoms with van der Waals surface area (Å²) in [5, 5.41) is 3.09. The molecule has 5 N–H and O–H groups in total. The molecule has 0 saturated carbocycles. The van der Waals surface area contributed by atoms with Gasteiger partial charge < -0.3 is 35.7 Å². The number of nitrogens with one attached hydrogen (secondary N) is 1. The zero-order valence-electron chi connectivity index (χ0n) is 16.7. The predicted molar refractivity (Wildman–Crippen MR) is 108 cm³/mol. The van der Waals surface area contributed by atoms with E-state index in [2.05, 4.69) is 15.2 Å². The van der Waals surface area contributed by atoms with Gasteiger partial charge in [0, 0.05) is 37.3 Å². The number of hydrogen-bond donors (Lipinski definition) is 3. The van der Waals surface area contributed by atoms with Crippen LogP contribution in [0.5, 0.6) is 17.2 Å². The van der Waals surface area contributed by atoms with Gasteiger partial charge in [0.15, 0.2) is 17.5 Å². The van der Waals surface area contributed by atoms with E-state index in [1.54, 1.807) is 21.3 Å². The highest BCUT2D eigenvalue weighted by molar-refractivity contribution is 5.91. The first kappa shape index (κ1) is 20.2. The molecule has 1 fully saturated rings. The third-order valence-electron chi connectivity index (χ3n) is 4.89. The van der Waals surface area contributed by atoms with Crippen molar-refractivity contribution in [1.29, 1.82) is 0 Å². The van der Waals surface area contributed by atoms with Crippen LogP contribution in [0.1, 0.15) is 12.0 Å². The first-order valence-corrected chi connectivity index (χ1v) is 9.22. The minimum atomic E-state index is -0.899. The van der Waals surface area contributed by atoms with E-state index in [0.29, 0.717) is 23.7 Å². The van der Waals surface area contributed by atoms with Crippen molar-refractivity contribution >= 4 is 11.7 Å². The van der Waals surface area contributed by atoms with Crippen LogP contribution in [0, 0.1) is 0 Å². The number of rotatable bonds is 7. The quantitative estimate of drug-likeness (QED) is 0.610. The molecule has 9 nitrogen and oxygen atoms in total. The number of guanidine groups is 1. The minimum absolute atomic E-state index is 0.274. The second-order valence-corrected chi connectivity index (χ2v) is 6.79. The third kappa shape index (κ3) is 4.49. The second-order valence-electron chi connectivity index (χ2n) is 6.79. The second kappa shape index (κ2) is 8.68. The Morgan fingerprint density at radius 1 is 1.14 bits per heavy atom. The first-order valence-electron chi connectivity index (χ1n) is 9.22. The largest absolute Gasteiger partial charge is 0.493 e. The molecule has 2 aliphatic heterocycles. The van der Waals surface area contributed by atoms with Crippen LogP contribution in [0.15, 0.2) is 23.2 Å². The zero-order valence-corrected chi connectivity index (χ0v) is 16.7. The van der Waals surface area contributed by atoms with E-state index in [-0.39, 0.29) is 5.96 Å². The Kier molecular flexibility index (Phi) is 6.28. The maximum atomic E-state index is 6.56. The van der Waals surface area contributed by atoms with Gasteiger partial charge in [0.05, 0.1) is 34.5 Å². The molecule has 1 aromatic carbocycles. The van der Waals surface area contributed by atoms with Gasteiger partial charge in [-0.2, -0.15) is 0 Å². The summed E-state index contributed by atoms with van der Waals surface area (Å²) in [7, 11) is 4.73. The summed E-state index contributed by atoms with van der Waals surface area (Å²) in [6.07, 6.45) is 2.54. The number of morpholine rings is 1. The standard InChI is InChI=1S/C19H29N5O4/c1-25-15-10-13(11-16(26-2)17(15)27-3)14-12-19(21,23-18(20)22-14)4-5-24-6-8-28-9-7-24/h10-12H,4-9,21H2,1-3H3,(H3,20,22,23). The van der Waals surface area contributed by atoms with Crippen LogP contribution in [0.2, 0.25) is 0 Å². The molecule has 2 heterocycles. The van der Waals surface area contributed by atoms with E-state index in [1.165, 1.54) is 0 Å². The minimum Gasteiger partial charge on any atom is -0.493 e. The average molecular weight is 391 g/mol. The van der Waals surface area contributed by atoms with Crippen LogP contribution in [-0.4, -0.2) is 70.7 Å². The molecule has 0 spiro atoms. The Labute approximate surface area is 165 Å². The van der Waals surface area contributed by atoms with Crippen molar-refractivity contribution in [2.24, 2.45) is 16.5 Å². The first-order chi connectivity index (χ1) is 13.5. The average Bonchev–Trinajstić information content (AvgIpc) is 2.71. The van der Waals surface area contributed by atoms with Crippen molar-refractivity contribution in [2.45, 2.75) is 12.1 Å². The van der Waals surface area contributed by atoms with Crippen LogP contribution >= 0.6 is 0 Å². The van der Waals surface area contributed by atoms with Crippen molar-refractivity contribution in [3.05, 3.63) is 23.8 Å². The van der Waals surface area contributed by atoms with Crippen molar-refractivity contribution in [3.63, 3.8) is 0 Å². The van der Waals surface area contributed by atoms with Gasteiger partial charge in [0.1, 0.15) is 5.66 Å². The van der Waals surface area contributed by atoms with Gasteiger partial charge in [0.2, 0.25) is 5.75 Å². The summed E-state index contributed by atoms with van der Waals surface area (Å²) < 4.78 is 21.7. The van der Waals surface area contributed by atoms with Crippen molar-refractivity contribution in [1.82, 2.24) is 10.2 Å². The third-order valence-corrected chi connectivity index (χ3v) is 4.89. The Hall–Kier alpha value is -2.49. The van der Waals surface area contributed by atoms with Crippen molar-refractivity contribution in [2.75, 3.05) is 54.2 Å². The molecule has 2 aliphatic rings. The summed E-state index contributed by atoms with van der Waals surface area (Å²) in [6, 6.07) is 3.70. The zero-order chi connectivity index (χ0) is 20.1. The fourth-order valence-electron chi connectivity index (χ4n) is 3.39. The van der Waals surface area contributed by atoms with E-state index < -0.39 is 5.66 Å². The molecule has 0 radical (unpaired) electrons. The van der Waals surface area contributed by atoms with Crippen LogP contribution in [0.3, 0.4) is 0 Å². The number of nitrogens with zero attached hydrogens (tertiary/aromatic N) is 2. The van der Waals surface area contributed by atoms with E-state index in [0.717, 1.165) is 44.1 Å². The highest BCUT2D eigenvalue weighted by Crippen LogP contribution is 2.40. The molecule has 3 rings (SSSR count). The van der Waals surface area contributed by atoms with Gasteiger partial charge in [-0.15, -0.1) is 0 Å². The van der Waals surface area contributed by atoms with Crippen LogP contribution in [0.4, 0.5) is 0 Å². The maximum Gasteiger partial charge on any atom is 0.203 e. The normalized spacial score (nSPS) is 22.7. The summed E-state index contributed by atoms with van der Waals surface area (Å²) in [5.41, 5.74) is 13.3. The molecule has 154 valence electrons. The van der Waals surface area contributed by atoms with Crippen LogP contribution < -0.4 is 31.0 Å². The molecule has 0 bridgehead atoms. The number of methoxy groups -OCH3 is 3. The van der Waals surface area contributed by atoms with E-state index in [9.17, 15) is 0 Å². The smallest absolute Gasteiger partial charge is 0.203 e. The Morgan fingerprint density at radius 3 is 2.36 bits per heavy atom. The summed E-state index contributed by atoms with van der Waals surface area (Å²) in [6.45, 7) is 4.11. The Morgan fingerprint density at radius 2 is 1.79 bits per heavy atom. The number of benzene rings is 1. The van der Waals surface area contributed by atoms with E-state index in [4.69, 9.17) is 30.4 Å². The highest BCUT2D eigenvalue weighted by atomic mass is 16.5. The van der Waals surface area contributed by atoms with E-state index in [1.807, 2.05) is 18.2 Å². The summed E-state index contributed by atoms with van der Waals surface area (Å²) in [4.78, 5) is 6.75. The molecule has 1 aromatic rings. The topological polar surface area (TPSA) is 117 Å². The Balaban J connectivity index is 1.86. The fraction of sp³-hybridized carbons (Fsp3) is 0.526. The Bertz CT molecular complexity index is 736. The fourth-order valence-corrected chi connectivity index (χ4v) is 3.39. The molecule has 0 aromatic heterocycles. The lowest BCUT2D eigenvalue weighted by Gasteiger charge is -2.32. The lowest BCUT2D eigenvalue weighted by molar-refractivity contribution is 0.0356. The number of nitrogens with two attached hydrogens (primary N) is 2. The maximum absolute atomic E-state index is 6.56. The lowest BCUT2D eigenvalue weighted by atomic mass is 10.0. The molecule has 9 heteroatoms.